The minimum atomic E-state index is -0.388. The first-order valence-corrected chi connectivity index (χ1v) is 7.50. The van der Waals surface area contributed by atoms with Gasteiger partial charge in [-0.1, -0.05) is 6.07 Å². The molecule has 2 rings (SSSR count). The maximum atomic E-state index is 13.0. The van der Waals surface area contributed by atoms with E-state index in [0.29, 0.717) is 10.0 Å². The fraction of sp³-hybridized carbons (Fsp3) is 0.133. The zero-order valence-corrected chi connectivity index (χ0v) is 14.1. The Hall–Kier alpha value is -1.20. The van der Waals surface area contributed by atoms with Crippen molar-refractivity contribution in [1.82, 2.24) is 0 Å². The normalized spacial score (nSPS) is 10.4. The lowest BCUT2D eigenvalue weighted by Gasteiger charge is -2.12. The first kappa shape index (κ1) is 15.2. The third kappa shape index (κ3) is 3.27. The third-order valence-electron chi connectivity index (χ3n) is 2.85. The maximum absolute atomic E-state index is 13.0. The number of nitrogens with one attached hydrogen (secondary N) is 1. The first-order chi connectivity index (χ1) is 9.38. The van der Waals surface area contributed by atoms with Gasteiger partial charge >= 0.3 is 0 Å². The summed E-state index contributed by atoms with van der Waals surface area (Å²) in [6, 6.07) is 7.90. The molecule has 0 aromatic heterocycles. The number of hydrogen-bond acceptors (Lipinski definition) is 1. The van der Waals surface area contributed by atoms with E-state index in [0.717, 1.165) is 21.3 Å². The molecule has 0 radical (unpaired) electrons. The predicted molar refractivity (Wildman–Crippen MR) is 85.7 cm³/mol. The lowest BCUT2D eigenvalue weighted by molar-refractivity contribution is 0.102. The number of carbonyl (C=O) groups is 1. The molecule has 1 amide bonds. The van der Waals surface area contributed by atoms with E-state index < -0.39 is 0 Å². The molecule has 2 aromatic carbocycles. The molecule has 0 saturated carbocycles. The van der Waals surface area contributed by atoms with Crippen LogP contribution < -0.4 is 5.32 Å². The van der Waals surface area contributed by atoms with Gasteiger partial charge in [-0.15, -0.1) is 0 Å². The van der Waals surface area contributed by atoms with Gasteiger partial charge in [0.05, 0.1) is 11.3 Å². The van der Waals surface area contributed by atoms with Crippen LogP contribution >= 0.6 is 31.9 Å². The van der Waals surface area contributed by atoms with Gasteiger partial charge in [-0.3, -0.25) is 4.79 Å². The van der Waals surface area contributed by atoms with Crippen molar-refractivity contribution >= 4 is 43.5 Å². The lowest BCUT2D eigenvalue weighted by atomic mass is 10.1. The number of rotatable bonds is 2. The van der Waals surface area contributed by atoms with Crippen LogP contribution in [0.1, 0.15) is 21.5 Å². The van der Waals surface area contributed by atoms with E-state index in [2.05, 4.69) is 37.2 Å². The molecular formula is C15H12Br2FNO. The fourth-order valence-corrected chi connectivity index (χ4v) is 3.23. The topological polar surface area (TPSA) is 29.1 Å². The lowest BCUT2D eigenvalue weighted by Crippen LogP contribution is -2.14. The van der Waals surface area contributed by atoms with E-state index in [-0.39, 0.29) is 11.7 Å². The van der Waals surface area contributed by atoms with Crippen LogP contribution in [0, 0.1) is 19.7 Å². The highest BCUT2D eigenvalue weighted by Gasteiger charge is 2.14. The molecule has 0 fully saturated rings. The van der Waals surface area contributed by atoms with Gasteiger partial charge in [0.2, 0.25) is 0 Å². The zero-order valence-electron chi connectivity index (χ0n) is 10.9. The predicted octanol–water partition coefficient (Wildman–Crippen LogP) is 5.22. The van der Waals surface area contributed by atoms with Crippen LogP contribution in [-0.2, 0) is 0 Å². The van der Waals surface area contributed by atoms with Crippen molar-refractivity contribution in [3.8, 4) is 0 Å². The second kappa shape index (κ2) is 6.06. The van der Waals surface area contributed by atoms with Crippen molar-refractivity contribution < 1.29 is 9.18 Å². The molecule has 0 bridgehead atoms. The average molecular weight is 401 g/mol. The quantitative estimate of drug-likeness (QED) is 0.735. The van der Waals surface area contributed by atoms with E-state index in [1.165, 1.54) is 18.2 Å². The molecule has 0 spiro atoms. The number of carbonyl (C=O) groups excluding carboxylic acids is 1. The Bertz CT molecular complexity index is 663. The SMILES string of the molecule is Cc1cc(C)c(NC(=O)c2ccc(F)cc2Br)c(Br)c1. The van der Waals surface area contributed by atoms with Gasteiger partial charge in [0.15, 0.2) is 0 Å². The summed E-state index contributed by atoms with van der Waals surface area (Å²) in [6.07, 6.45) is 0. The molecule has 2 nitrogen and oxygen atoms in total. The van der Waals surface area contributed by atoms with Crippen LogP contribution in [0.3, 0.4) is 0 Å². The Balaban J connectivity index is 2.33. The van der Waals surface area contributed by atoms with E-state index in [4.69, 9.17) is 0 Å². The summed E-state index contributed by atoms with van der Waals surface area (Å²) in [4.78, 5) is 12.3. The molecule has 0 atom stereocenters. The smallest absolute Gasteiger partial charge is 0.256 e. The monoisotopic (exact) mass is 399 g/mol. The average Bonchev–Trinajstić information content (AvgIpc) is 2.33. The number of halogens is 3. The summed E-state index contributed by atoms with van der Waals surface area (Å²) in [5, 5.41) is 2.84. The molecule has 0 heterocycles. The van der Waals surface area contributed by atoms with Gasteiger partial charge in [0.25, 0.3) is 5.91 Å². The van der Waals surface area contributed by atoms with E-state index in [9.17, 15) is 9.18 Å². The number of benzene rings is 2. The van der Waals surface area contributed by atoms with E-state index >= 15 is 0 Å². The Morgan fingerprint density at radius 3 is 2.40 bits per heavy atom. The number of anilines is 1. The molecule has 0 aliphatic carbocycles. The van der Waals surface area contributed by atoms with Crippen LogP contribution in [0.5, 0.6) is 0 Å². The highest BCUT2D eigenvalue weighted by molar-refractivity contribution is 9.11. The van der Waals surface area contributed by atoms with Crippen molar-refractivity contribution in [3.05, 3.63) is 61.8 Å². The summed E-state index contributed by atoms with van der Waals surface area (Å²) in [7, 11) is 0. The zero-order chi connectivity index (χ0) is 14.9. The van der Waals surface area contributed by atoms with Crippen LogP contribution in [-0.4, -0.2) is 5.91 Å². The van der Waals surface area contributed by atoms with Crippen LogP contribution in [0.2, 0.25) is 0 Å². The molecule has 2 aromatic rings. The molecule has 104 valence electrons. The molecule has 0 unspecified atom stereocenters. The van der Waals surface area contributed by atoms with E-state index in [1.54, 1.807) is 0 Å². The maximum Gasteiger partial charge on any atom is 0.256 e. The highest BCUT2D eigenvalue weighted by Crippen LogP contribution is 2.29. The molecule has 0 aliphatic rings. The Morgan fingerprint density at radius 2 is 1.80 bits per heavy atom. The second-order valence-electron chi connectivity index (χ2n) is 4.52. The van der Waals surface area contributed by atoms with Crippen molar-refractivity contribution in [1.29, 1.82) is 0 Å². The van der Waals surface area contributed by atoms with Crippen LogP contribution in [0.15, 0.2) is 39.3 Å². The Morgan fingerprint density at radius 1 is 1.10 bits per heavy atom. The van der Waals surface area contributed by atoms with Crippen molar-refractivity contribution in [2.75, 3.05) is 5.32 Å². The molecular weight excluding hydrogens is 389 g/mol. The first-order valence-electron chi connectivity index (χ1n) is 5.91. The van der Waals surface area contributed by atoms with Crippen LogP contribution in [0.25, 0.3) is 0 Å². The van der Waals surface area contributed by atoms with Crippen molar-refractivity contribution in [2.45, 2.75) is 13.8 Å². The standard InChI is InChI=1S/C15H12Br2FNO/c1-8-5-9(2)14(13(17)6-8)19-15(20)11-4-3-10(18)7-12(11)16/h3-7H,1-2H3,(H,19,20). The van der Waals surface area contributed by atoms with Gasteiger partial charge in [0.1, 0.15) is 5.82 Å². The number of amides is 1. The highest BCUT2D eigenvalue weighted by atomic mass is 79.9. The van der Waals surface area contributed by atoms with E-state index in [1.807, 2.05) is 26.0 Å². The number of hydrogen-bond donors (Lipinski definition) is 1. The molecule has 5 heteroatoms. The fourth-order valence-electron chi connectivity index (χ4n) is 1.93. The van der Waals surface area contributed by atoms with Gasteiger partial charge < -0.3 is 5.32 Å². The minimum Gasteiger partial charge on any atom is -0.321 e. The van der Waals surface area contributed by atoms with Gasteiger partial charge in [0, 0.05) is 8.95 Å². The van der Waals surface area contributed by atoms with Gasteiger partial charge in [-0.05, 0) is 81.1 Å². The van der Waals surface area contributed by atoms with Crippen molar-refractivity contribution in [2.24, 2.45) is 0 Å². The number of aryl methyl sites for hydroxylation is 2. The molecule has 0 aliphatic heterocycles. The molecule has 20 heavy (non-hydrogen) atoms. The summed E-state index contributed by atoms with van der Waals surface area (Å²) >= 11 is 6.64. The molecule has 1 N–H and O–H groups in total. The Kier molecular flexibility index (Phi) is 4.60. The summed E-state index contributed by atoms with van der Waals surface area (Å²) in [5.41, 5.74) is 3.17. The second-order valence-corrected chi connectivity index (χ2v) is 6.23. The largest absolute Gasteiger partial charge is 0.321 e. The third-order valence-corrected chi connectivity index (χ3v) is 4.13. The van der Waals surface area contributed by atoms with Gasteiger partial charge in [-0.25, -0.2) is 4.39 Å². The summed E-state index contributed by atoms with van der Waals surface area (Å²) < 4.78 is 14.3. The molecule has 0 saturated heterocycles. The Labute approximate surface area is 133 Å². The van der Waals surface area contributed by atoms with Crippen LogP contribution in [0.4, 0.5) is 10.1 Å². The minimum absolute atomic E-state index is 0.287. The summed E-state index contributed by atoms with van der Waals surface area (Å²) in [6.45, 7) is 3.91. The van der Waals surface area contributed by atoms with Crippen molar-refractivity contribution in [3.63, 3.8) is 0 Å². The van der Waals surface area contributed by atoms with Gasteiger partial charge in [-0.2, -0.15) is 0 Å². The summed E-state index contributed by atoms with van der Waals surface area (Å²) in [5.74, 6) is -0.675.